The van der Waals surface area contributed by atoms with E-state index in [9.17, 15) is 14.5 Å². The highest BCUT2D eigenvalue weighted by Crippen LogP contribution is 2.26. The first kappa shape index (κ1) is 13.0. The lowest BCUT2D eigenvalue weighted by Gasteiger charge is -2.15. The molecule has 1 saturated heterocycles. The van der Waals surface area contributed by atoms with E-state index in [1.54, 1.807) is 12.1 Å². The summed E-state index contributed by atoms with van der Waals surface area (Å²) in [5, 5.41) is 10.7. The molecule has 0 amide bonds. The quantitative estimate of drug-likeness (QED) is 0.614. The van der Waals surface area contributed by atoms with Crippen LogP contribution in [0.4, 0.5) is 10.1 Å². The Hall–Kier alpha value is -1.49. The molecular weight excluding hydrogens is 235 g/mol. The molecule has 2 atom stereocenters. The van der Waals surface area contributed by atoms with Gasteiger partial charge in [0.15, 0.2) is 0 Å². The number of rotatable bonds is 3. The second-order valence-electron chi connectivity index (χ2n) is 5.16. The number of nitro benzene ring substituents is 1. The van der Waals surface area contributed by atoms with Crippen molar-refractivity contribution >= 4 is 5.69 Å². The molecule has 1 heterocycles. The molecule has 0 spiro atoms. The summed E-state index contributed by atoms with van der Waals surface area (Å²) in [6.45, 7) is 6.64. The SMILES string of the molecule is CC1CN(Cc2cccc([N+](=O)[O-])c2F)CC1C. The number of hydrogen-bond acceptors (Lipinski definition) is 3. The van der Waals surface area contributed by atoms with E-state index in [-0.39, 0.29) is 0 Å². The zero-order valence-corrected chi connectivity index (χ0v) is 10.6. The van der Waals surface area contributed by atoms with Crippen LogP contribution in [-0.4, -0.2) is 22.9 Å². The largest absolute Gasteiger partial charge is 0.305 e. The average molecular weight is 252 g/mol. The highest BCUT2D eigenvalue weighted by Gasteiger charge is 2.27. The first-order chi connectivity index (χ1) is 8.49. The predicted molar refractivity (Wildman–Crippen MR) is 66.7 cm³/mol. The summed E-state index contributed by atoms with van der Waals surface area (Å²) in [5.74, 6) is 0.480. The summed E-state index contributed by atoms with van der Waals surface area (Å²) in [7, 11) is 0. The topological polar surface area (TPSA) is 46.4 Å². The van der Waals surface area contributed by atoms with Crippen LogP contribution in [0.2, 0.25) is 0 Å². The maximum absolute atomic E-state index is 13.9. The van der Waals surface area contributed by atoms with Crippen LogP contribution in [0.3, 0.4) is 0 Å². The molecule has 1 aliphatic heterocycles. The third-order valence-electron chi connectivity index (χ3n) is 3.71. The number of hydrogen-bond donors (Lipinski definition) is 0. The van der Waals surface area contributed by atoms with Gasteiger partial charge in [-0.1, -0.05) is 26.0 Å². The van der Waals surface area contributed by atoms with Crippen molar-refractivity contribution in [3.63, 3.8) is 0 Å². The molecule has 2 unspecified atom stereocenters. The summed E-state index contributed by atoms with van der Waals surface area (Å²) in [4.78, 5) is 12.1. The minimum atomic E-state index is -0.699. The van der Waals surface area contributed by atoms with E-state index in [2.05, 4.69) is 18.7 Å². The lowest BCUT2D eigenvalue weighted by Crippen LogP contribution is -2.21. The maximum atomic E-state index is 13.9. The zero-order valence-electron chi connectivity index (χ0n) is 10.6. The molecule has 5 heteroatoms. The Morgan fingerprint density at radius 2 is 2.00 bits per heavy atom. The second kappa shape index (κ2) is 5.02. The van der Waals surface area contributed by atoms with E-state index >= 15 is 0 Å². The van der Waals surface area contributed by atoms with Crippen molar-refractivity contribution in [2.75, 3.05) is 13.1 Å². The Morgan fingerprint density at radius 1 is 1.39 bits per heavy atom. The number of halogens is 1. The summed E-state index contributed by atoms with van der Waals surface area (Å²) < 4.78 is 13.9. The van der Waals surface area contributed by atoms with Crippen molar-refractivity contribution < 1.29 is 9.31 Å². The van der Waals surface area contributed by atoms with Crippen LogP contribution in [0, 0.1) is 27.8 Å². The molecule has 0 N–H and O–H groups in total. The van der Waals surface area contributed by atoms with Gasteiger partial charge in [-0.25, -0.2) is 0 Å². The van der Waals surface area contributed by atoms with Crippen molar-refractivity contribution in [1.82, 2.24) is 4.90 Å². The fourth-order valence-electron chi connectivity index (χ4n) is 2.45. The molecule has 4 nitrogen and oxygen atoms in total. The highest BCUT2D eigenvalue weighted by atomic mass is 19.1. The van der Waals surface area contributed by atoms with Crippen LogP contribution in [0.1, 0.15) is 19.4 Å². The number of nitrogens with zero attached hydrogens (tertiary/aromatic N) is 2. The van der Waals surface area contributed by atoms with Gasteiger partial charge in [0, 0.05) is 31.3 Å². The molecule has 0 aromatic heterocycles. The van der Waals surface area contributed by atoms with Crippen molar-refractivity contribution in [2.45, 2.75) is 20.4 Å². The second-order valence-corrected chi connectivity index (χ2v) is 5.16. The Morgan fingerprint density at radius 3 is 2.56 bits per heavy atom. The van der Waals surface area contributed by atoms with Gasteiger partial charge in [-0.15, -0.1) is 0 Å². The molecule has 18 heavy (non-hydrogen) atoms. The minimum Gasteiger partial charge on any atom is -0.298 e. The molecule has 98 valence electrons. The van der Waals surface area contributed by atoms with Crippen LogP contribution in [0.25, 0.3) is 0 Å². The van der Waals surface area contributed by atoms with Gasteiger partial charge in [-0.3, -0.25) is 15.0 Å². The normalized spacial score (nSPS) is 24.4. The fraction of sp³-hybridized carbons (Fsp3) is 0.538. The van der Waals surface area contributed by atoms with Gasteiger partial charge >= 0.3 is 5.69 Å². The number of nitro groups is 1. The molecular formula is C13H17FN2O2. The molecule has 0 radical (unpaired) electrons. The van der Waals surface area contributed by atoms with Crippen molar-refractivity contribution in [3.8, 4) is 0 Å². The van der Waals surface area contributed by atoms with Gasteiger partial charge in [-0.2, -0.15) is 4.39 Å². The van der Waals surface area contributed by atoms with Crippen molar-refractivity contribution in [3.05, 3.63) is 39.7 Å². The van der Waals surface area contributed by atoms with Crippen LogP contribution >= 0.6 is 0 Å². The van der Waals surface area contributed by atoms with E-state index in [1.807, 2.05) is 0 Å². The number of benzene rings is 1. The highest BCUT2D eigenvalue weighted by molar-refractivity contribution is 5.36. The third-order valence-corrected chi connectivity index (χ3v) is 3.71. The van der Waals surface area contributed by atoms with Gasteiger partial charge in [0.2, 0.25) is 5.82 Å². The molecule has 0 saturated carbocycles. The van der Waals surface area contributed by atoms with E-state index in [0.717, 1.165) is 13.1 Å². The monoisotopic (exact) mass is 252 g/mol. The standard InChI is InChI=1S/C13H17FN2O2/c1-9-6-15(7-10(9)2)8-11-4-3-5-12(13(11)14)16(17)18/h3-5,9-10H,6-8H2,1-2H3. The Balaban J connectivity index is 2.15. The average Bonchev–Trinajstić information content (AvgIpc) is 2.60. The summed E-state index contributed by atoms with van der Waals surface area (Å²) in [5.41, 5.74) is -0.0294. The fourth-order valence-corrected chi connectivity index (χ4v) is 2.45. The van der Waals surface area contributed by atoms with Crippen molar-refractivity contribution in [2.24, 2.45) is 11.8 Å². The van der Waals surface area contributed by atoms with Gasteiger partial charge in [-0.05, 0) is 11.8 Å². The first-order valence-electron chi connectivity index (χ1n) is 6.13. The molecule has 1 fully saturated rings. The van der Waals surface area contributed by atoms with Crippen LogP contribution in [-0.2, 0) is 6.54 Å². The third kappa shape index (κ3) is 2.51. The summed E-state index contributed by atoms with van der Waals surface area (Å²) >= 11 is 0. The number of likely N-dealkylation sites (tertiary alicyclic amines) is 1. The van der Waals surface area contributed by atoms with Crippen molar-refractivity contribution in [1.29, 1.82) is 0 Å². The Labute approximate surface area is 106 Å². The first-order valence-corrected chi connectivity index (χ1v) is 6.13. The van der Waals surface area contributed by atoms with Gasteiger partial charge in [0.05, 0.1) is 4.92 Å². The van der Waals surface area contributed by atoms with Crippen LogP contribution in [0.15, 0.2) is 18.2 Å². The molecule has 1 aliphatic rings. The lowest BCUT2D eigenvalue weighted by atomic mass is 10.0. The Kier molecular flexibility index (Phi) is 3.61. The molecule has 0 bridgehead atoms. The van der Waals surface area contributed by atoms with E-state index < -0.39 is 16.4 Å². The van der Waals surface area contributed by atoms with Gasteiger partial charge < -0.3 is 0 Å². The lowest BCUT2D eigenvalue weighted by molar-refractivity contribution is -0.387. The van der Waals surface area contributed by atoms with E-state index in [1.165, 1.54) is 6.07 Å². The molecule has 0 aliphatic carbocycles. The molecule has 1 aromatic rings. The zero-order chi connectivity index (χ0) is 13.3. The van der Waals surface area contributed by atoms with E-state index in [0.29, 0.717) is 23.9 Å². The predicted octanol–water partition coefficient (Wildman–Crippen LogP) is 2.82. The summed E-state index contributed by atoms with van der Waals surface area (Å²) in [6.07, 6.45) is 0. The molecule has 2 rings (SSSR count). The smallest absolute Gasteiger partial charge is 0.298 e. The maximum Gasteiger partial charge on any atom is 0.305 e. The van der Waals surface area contributed by atoms with Crippen LogP contribution in [0.5, 0.6) is 0 Å². The molecule has 1 aromatic carbocycles. The van der Waals surface area contributed by atoms with Gasteiger partial charge in [0.1, 0.15) is 0 Å². The van der Waals surface area contributed by atoms with Crippen LogP contribution < -0.4 is 0 Å². The van der Waals surface area contributed by atoms with Gasteiger partial charge in [0.25, 0.3) is 0 Å². The Bertz CT molecular complexity index is 454. The minimum absolute atomic E-state index is 0.408. The summed E-state index contributed by atoms with van der Waals surface area (Å²) in [6, 6.07) is 4.36. The van der Waals surface area contributed by atoms with E-state index in [4.69, 9.17) is 0 Å².